The Kier molecular flexibility index (Phi) is 4.39. The third kappa shape index (κ3) is 2.99. The Hall–Kier alpha value is -1.47. The number of anilines is 1. The minimum atomic E-state index is -1.49. The molecule has 0 amide bonds. The number of carboxylic acid groups (broad SMARTS) is 1. The van der Waals surface area contributed by atoms with Gasteiger partial charge in [0, 0.05) is 13.6 Å². The van der Waals surface area contributed by atoms with Gasteiger partial charge >= 0.3 is 5.97 Å². The van der Waals surface area contributed by atoms with Crippen molar-refractivity contribution >= 4 is 38.9 Å². The van der Waals surface area contributed by atoms with Crippen LogP contribution in [0.15, 0.2) is 27.4 Å². The number of benzene rings is 1. The predicted molar refractivity (Wildman–Crippen MR) is 77.4 cm³/mol. The van der Waals surface area contributed by atoms with Crippen LogP contribution >= 0.6 is 27.3 Å². The Balaban J connectivity index is 2.28. The molecule has 0 spiro atoms. The monoisotopic (exact) mass is 361 g/mol. The van der Waals surface area contributed by atoms with E-state index in [1.165, 1.54) is 22.3 Å². The summed E-state index contributed by atoms with van der Waals surface area (Å²) in [7, 11) is 1.61. The van der Waals surface area contributed by atoms with Crippen LogP contribution in [0.3, 0.4) is 0 Å². The van der Waals surface area contributed by atoms with Gasteiger partial charge in [-0.1, -0.05) is 0 Å². The van der Waals surface area contributed by atoms with Crippen LogP contribution in [0.4, 0.5) is 14.5 Å². The molecule has 7 heteroatoms. The number of nitrogens with zero attached hydrogens (tertiary/aromatic N) is 1. The van der Waals surface area contributed by atoms with Gasteiger partial charge in [-0.25, -0.2) is 13.6 Å². The highest BCUT2D eigenvalue weighted by Gasteiger charge is 2.20. The molecule has 3 nitrogen and oxygen atoms in total. The Morgan fingerprint density at radius 3 is 2.65 bits per heavy atom. The zero-order chi connectivity index (χ0) is 14.9. The topological polar surface area (TPSA) is 40.5 Å². The van der Waals surface area contributed by atoms with Gasteiger partial charge in [-0.2, -0.15) is 0 Å². The molecule has 0 atom stereocenters. The molecule has 0 bridgehead atoms. The van der Waals surface area contributed by atoms with Crippen molar-refractivity contribution in [3.05, 3.63) is 50.1 Å². The van der Waals surface area contributed by atoms with E-state index in [-0.39, 0.29) is 5.69 Å². The summed E-state index contributed by atoms with van der Waals surface area (Å²) < 4.78 is 28.5. The molecule has 0 aliphatic carbocycles. The summed E-state index contributed by atoms with van der Waals surface area (Å²) in [5.74, 6) is -3.98. The number of carboxylic acids is 1. The normalized spacial score (nSPS) is 10.6. The molecular formula is C13H10BrF2NO2S. The van der Waals surface area contributed by atoms with Gasteiger partial charge in [-0.3, -0.25) is 0 Å². The van der Waals surface area contributed by atoms with E-state index in [1.807, 2.05) is 11.4 Å². The summed E-state index contributed by atoms with van der Waals surface area (Å²) in [6, 6.07) is 4.22. The standard InChI is InChI=1S/C13H10BrF2NO2S/c1-17(5-7-4-10(14)20-6-7)9-3-2-8(13(18)19)11(15)12(9)16/h2-4,6H,5H2,1H3,(H,18,19). The second kappa shape index (κ2) is 5.88. The lowest BCUT2D eigenvalue weighted by Crippen LogP contribution is -2.18. The lowest BCUT2D eigenvalue weighted by atomic mass is 10.1. The SMILES string of the molecule is CN(Cc1csc(Br)c1)c1ccc(C(=O)O)c(F)c1F. The average Bonchev–Trinajstić information content (AvgIpc) is 2.77. The van der Waals surface area contributed by atoms with Gasteiger partial charge in [0.05, 0.1) is 15.0 Å². The van der Waals surface area contributed by atoms with Crippen molar-refractivity contribution in [3.8, 4) is 0 Å². The van der Waals surface area contributed by atoms with Gasteiger partial charge in [0.1, 0.15) is 0 Å². The third-order valence-corrected chi connectivity index (χ3v) is 4.30. The van der Waals surface area contributed by atoms with E-state index in [9.17, 15) is 13.6 Å². The molecule has 0 aliphatic rings. The van der Waals surface area contributed by atoms with Crippen molar-refractivity contribution in [2.24, 2.45) is 0 Å². The van der Waals surface area contributed by atoms with E-state index >= 15 is 0 Å². The molecule has 0 saturated carbocycles. The highest BCUT2D eigenvalue weighted by atomic mass is 79.9. The van der Waals surface area contributed by atoms with Crippen molar-refractivity contribution in [2.75, 3.05) is 11.9 Å². The second-order valence-electron chi connectivity index (χ2n) is 4.18. The lowest BCUT2D eigenvalue weighted by Gasteiger charge is -2.20. The summed E-state index contributed by atoms with van der Waals surface area (Å²) >= 11 is 4.83. The largest absolute Gasteiger partial charge is 0.478 e. The zero-order valence-electron chi connectivity index (χ0n) is 10.4. The van der Waals surface area contributed by atoms with E-state index in [2.05, 4.69) is 15.9 Å². The first-order valence-corrected chi connectivity index (χ1v) is 7.22. The second-order valence-corrected chi connectivity index (χ2v) is 6.47. The van der Waals surface area contributed by atoms with E-state index in [4.69, 9.17) is 5.11 Å². The number of carbonyl (C=O) groups is 1. The fourth-order valence-corrected chi connectivity index (χ4v) is 2.99. The maximum absolute atomic E-state index is 13.9. The zero-order valence-corrected chi connectivity index (χ0v) is 12.8. The van der Waals surface area contributed by atoms with Crippen LogP contribution in [0.2, 0.25) is 0 Å². The van der Waals surface area contributed by atoms with Crippen molar-refractivity contribution in [3.63, 3.8) is 0 Å². The number of hydrogen-bond acceptors (Lipinski definition) is 3. The van der Waals surface area contributed by atoms with E-state index in [1.54, 1.807) is 7.05 Å². The van der Waals surface area contributed by atoms with Gasteiger partial charge < -0.3 is 10.0 Å². The molecule has 0 saturated heterocycles. The van der Waals surface area contributed by atoms with E-state index < -0.39 is 23.2 Å². The molecular weight excluding hydrogens is 352 g/mol. The minimum absolute atomic E-state index is 0.0230. The smallest absolute Gasteiger partial charge is 0.338 e. The van der Waals surface area contributed by atoms with E-state index in [0.717, 1.165) is 15.4 Å². The van der Waals surface area contributed by atoms with Gasteiger partial charge in [-0.05, 0) is 45.1 Å². The van der Waals surface area contributed by atoms with Crippen molar-refractivity contribution < 1.29 is 18.7 Å². The molecule has 1 aromatic carbocycles. The number of hydrogen-bond donors (Lipinski definition) is 1. The summed E-state index contributed by atoms with van der Waals surface area (Å²) in [4.78, 5) is 12.3. The maximum atomic E-state index is 13.9. The molecule has 106 valence electrons. The minimum Gasteiger partial charge on any atom is -0.478 e. The van der Waals surface area contributed by atoms with Crippen LogP contribution < -0.4 is 4.90 Å². The first-order valence-electron chi connectivity index (χ1n) is 5.55. The maximum Gasteiger partial charge on any atom is 0.338 e. The molecule has 0 radical (unpaired) electrons. The first kappa shape index (κ1) is 14.9. The van der Waals surface area contributed by atoms with Crippen molar-refractivity contribution in [2.45, 2.75) is 6.54 Å². The van der Waals surface area contributed by atoms with Gasteiger partial charge in [0.2, 0.25) is 0 Å². The molecule has 2 rings (SSSR count). The van der Waals surface area contributed by atoms with Gasteiger partial charge in [0.25, 0.3) is 0 Å². The lowest BCUT2D eigenvalue weighted by molar-refractivity contribution is 0.0690. The Bertz CT molecular complexity index is 660. The number of aromatic carboxylic acids is 1. The summed E-state index contributed by atoms with van der Waals surface area (Å²) in [6.45, 7) is 0.394. The fraction of sp³-hybridized carbons (Fsp3) is 0.154. The number of halogens is 3. The molecule has 20 heavy (non-hydrogen) atoms. The highest BCUT2D eigenvalue weighted by Crippen LogP contribution is 2.27. The molecule has 0 fully saturated rings. The number of thiophene rings is 1. The summed E-state index contributed by atoms with van der Waals surface area (Å²) in [6.07, 6.45) is 0. The molecule has 1 N–H and O–H groups in total. The van der Waals surface area contributed by atoms with Crippen LogP contribution in [0, 0.1) is 11.6 Å². The third-order valence-electron chi connectivity index (χ3n) is 2.75. The van der Waals surface area contributed by atoms with Crippen LogP contribution in [-0.2, 0) is 6.54 Å². The van der Waals surface area contributed by atoms with Gasteiger partial charge in [0.15, 0.2) is 11.6 Å². The average molecular weight is 362 g/mol. The molecule has 1 heterocycles. The number of rotatable bonds is 4. The fourth-order valence-electron chi connectivity index (χ4n) is 1.79. The summed E-state index contributed by atoms with van der Waals surface area (Å²) in [5, 5.41) is 10.6. The Labute approximate surface area is 126 Å². The highest BCUT2D eigenvalue weighted by molar-refractivity contribution is 9.11. The van der Waals surface area contributed by atoms with Crippen LogP contribution in [0.1, 0.15) is 15.9 Å². The van der Waals surface area contributed by atoms with Crippen molar-refractivity contribution in [1.82, 2.24) is 0 Å². The predicted octanol–water partition coefficient (Wildman–Crippen LogP) is 4.12. The van der Waals surface area contributed by atoms with Gasteiger partial charge in [-0.15, -0.1) is 11.3 Å². The first-order chi connectivity index (χ1) is 9.40. The van der Waals surface area contributed by atoms with Crippen LogP contribution in [-0.4, -0.2) is 18.1 Å². The molecule has 2 aromatic rings. The molecule has 0 unspecified atom stereocenters. The Morgan fingerprint density at radius 1 is 1.40 bits per heavy atom. The summed E-state index contributed by atoms with van der Waals surface area (Å²) in [5.41, 5.74) is 0.305. The molecule has 1 aromatic heterocycles. The van der Waals surface area contributed by atoms with Crippen LogP contribution in [0.25, 0.3) is 0 Å². The molecule has 0 aliphatic heterocycles. The van der Waals surface area contributed by atoms with Crippen LogP contribution in [0.5, 0.6) is 0 Å². The Morgan fingerprint density at radius 2 is 2.10 bits per heavy atom. The quantitative estimate of drug-likeness (QED) is 0.890. The van der Waals surface area contributed by atoms with Crippen molar-refractivity contribution in [1.29, 1.82) is 0 Å². The van der Waals surface area contributed by atoms with E-state index in [0.29, 0.717) is 6.54 Å².